The summed E-state index contributed by atoms with van der Waals surface area (Å²) >= 11 is 0. The zero-order valence-corrected chi connectivity index (χ0v) is 29.5. The Morgan fingerprint density at radius 1 is 0.800 bits per heavy atom. The molecule has 1 fully saturated rings. The van der Waals surface area contributed by atoms with Crippen LogP contribution in [-0.4, -0.2) is 137 Å². The number of esters is 2. The first-order chi connectivity index (χ1) is 18.5. The zero-order chi connectivity index (χ0) is 30.4. The average molecular weight is 625 g/mol. The smallest absolute Gasteiger partial charge is 0.323 e. The number of nitrogens with zero attached hydrogens (tertiary/aromatic N) is 2. The van der Waals surface area contributed by atoms with Crippen molar-refractivity contribution in [3.05, 3.63) is 0 Å². The molecule has 0 saturated carbocycles. The molecule has 0 aromatic heterocycles. The fraction of sp³-hybridized carbons (Fsp3) is 0.923. The van der Waals surface area contributed by atoms with E-state index in [0.29, 0.717) is 19.8 Å². The summed E-state index contributed by atoms with van der Waals surface area (Å²) in [6, 6.07) is 0.545. The molecule has 1 rings (SSSR count). The summed E-state index contributed by atoms with van der Waals surface area (Å²) in [7, 11) is -5.68. The number of piperazine rings is 1. The van der Waals surface area contributed by atoms with E-state index in [4.69, 9.17) is 27.2 Å². The van der Waals surface area contributed by atoms with E-state index < -0.39 is 31.3 Å². The van der Waals surface area contributed by atoms with Gasteiger partial charge in [-0.1, -0.05) is 0 Å². The highest BCUT2D eigenvalue weighted by molar-refractivity contribution is 6.87. The molecule has 1 aliphatic heterocycles. The Morgan fingerprint density at radius 3 is 1.88 bits per heavy atom. The molecule has 1 saturated heterocycles. The third-order valence-corrected chi connectivity index (χ3v) is 15.7. The second-order valence-electron chi connectivity index (χ2n) is 12.5. The van der Waals surface area contributed by atoms with Crippen LogP contribution >= 0.6 is 0 Å². The molecule has 0 spiro atoms. The molecule has 0 radical (unpaired) electrons. The summed E-state index contributed by atoms with van der Waals surface area (Å²) in [5.41, 5.74) is 0. The zero-order valence-electron chi connectivity index (χ0n) is 26.5. The first kappa shape index (κ1) is 37.3. The summed E-state index contributed by atoms with van der Waals surface area (Å²) in [4.78, 5) is 27.4. The molecule has 1 heterocycles. The molecule has 2 unspecified atom stereocenters. The molecule has 0 aromatic carbocycles. The van der Waals surface area contributed by atoms with Crippen LogP contribution in [0.15, 0.2) is 0 Å². The quantitative estimate of drug-likeness (QED) is 0.122. The van der Waals surface area contributed by atoms with Crippen LogP contribution in [0, 0.1) is 0 Å². The van der Waals surface area contributed by atoms with Crippen LogP contribution in [0.3, 0.4) is 0 Å². The van der Waals surface area contributed by atoms with Gasteiger partial charge in [0.2, 0.25) is 0 Å². The van der Waals surface area contributed by atoms with Gasteiger partial charge in [0.1, 0.15) is 19.3 Å². The molecule has 0 bridgehead atoms. The van der Waals surface area contributed by atoms with Gasteiger partial charge < -0.3 is 32.3 Å². The minimum absolute atomic E-state index is 0.160. The maximum atomic E-state index is 12.4. The van der Waals surface area contributed by atoms with Gasteiger partial charge in [0.05, 0.1) is 25.9 Å². The summed E-state index contributed by atoms with van der Waals surface area (Å²) in [5.74, 6) is -0.631. The Hall–Kier alpha value is -0.689. The van der Waals surface area contributed by atoms with E-state index in [1.807, 2.05) is 6.92 Å². The number of carbonyl (C=O) groups excluding carboxylic acids is 2. The van der Waals surface area contributed by atoms with Crippen molar-refractivity contribution in [1.82, 2.24) is 9.80 Å². The number of hydrogen-bond acceptors (Lipinski definition) is 11. The molecule has 40 heavy (non-hydrogen) atoms. The molecule has 236 valence electrons. The van der Waals surface area contributed by atoms with Crippen molar-refractivity contribution in [1.29, 1.82) is 0 Å². The van der Waals surface area contributed by atoms with Crippen LogP contribution in [0.25, 0.3) is 0 Å². The Labute approximate surface area is 245 Å². The van der Waals surface area contributed by atoms with Gasteiger partial charge in [-0.2, -0.15) is 0 Å². The van der Waals surface area contributed by atoms with Crippen molar-refractivity contribution in [3.63, 3.8) is 0 Å². The molecule has 1 aliphatic rings. The van der Waals surface area contributed by atoms with Crippen LogP contribution in [0.5, 0.6) is 0 Å². The molecule has 0 aromatic rings. The van der Waals surface area contributed by atoms with E-state index in [0.717, 1.165) is 38.6 Å². The second-order valence-corrected chi connectivity index (χ2v) is 25.4. The number of aliphatic hydroxyl groups excluding tert-OH is 1. The van der Waals surface area contributed by atoms with Gasteiger partial charge in [-0.3, -0.25) is 19.4 Å². The fourth-order valence-electron chi connectivity index (χ4n) is 4.63. The maximum absolute atomic E-state index is 12.4. The van der Waals surface area contributed by atoms with Crippen LogP contribution in [0.2, 0.25) is 51.9 Å². The number of ether oxygens (including phenoxy) is 4. The van der Waals surface area contributed by atoms with Gasteiger partial charge in [0.15, 0.2) is 16.6 Å². The van der Waals surface area contributed by atoms with Crippen LogP contribution in [0.4, 0.5) is 0 Å². The Kier molecular flexibility index (Phi) is 16.9. The van der Waals surface area contributed by atoms with Crippen LogP contribution in [-0.2, 0) is 36.8 Å². The first-order valence-corrected chi connectivity index (χ1v) is 23.8. The van der Waals surface area contributed by atoms with Gasteiger partial charge in [0.25, 0.3) is 0 Å². The van der Waals surface area contributed by atoms with E-state index in [1.54, 1.807) is 0 Å². The molecule has 14 heteroatoms. The van der Waals surface area contributed by atoms with Gasteiger partial charge in [0, 0.05) is 46.3 Å². The predicted molar refractivity (Wildman–Crippen MR) is 163 cm³/mol. The molecular weight excluding hydrogens is 569 g/mol. The Bertz CT molecular complexity index is 726. The van der Waals surface area contributed by atoms with Crippen molar-refractivity contribution >= 4 is 37.1 Å². The second kappa shape index (κ2) is 18.1. The normalized spacial score (nSPS) is 17.4. The first-order valence-electron chi connectivity index (χ1n) is 14.5. The standard InChI is InChI=1S/C26H56N2O9Si3/c1-23(26(31)35-19-17-32-16-18-34-24(2)29)28-13-11-27(12-14-28)21-25(30)22-33-15-10-20-40(9,36-38(3,4)5)37-39(6,7)8/h23,25,30H,10-22H2,1-9H3. The molecular formula is C26H56N2O9Si3. The van der Waals surface area contributed by atoms with E-state index in [9.17, 15) is 14.7 Å². The van der Waals surface area contributed by atoms with E-state index >= 15 is 0 Å². The predicted octanol–water partition coefficient (Wildman–Crippen LogP) is 2.66. The molecule has 0 amide bonds. The fourth-order valence-corrected chi connectivity index (χ4v) is 17.1. The molecule has 2 atom stereocenters. The van der Waals surface area contributed by atoms with Gasteiger partial charge in [-0.15, -0.1) is 0 Å². The summed E-state index contributed by atoms with van der Waals surface area (Å²) in [5, 5.41) is 10.5. The number of rotatable bonds is 20. The number of β-amino-alcohol motifs (C(OH)–C–C–N with tert-alkyl or cyclic N) is 1. The Morgan fingerprint density at radius 2 is 1.35 bits per heavy atom. The van der Waals surface area contributed by atoms with E-state index in [-0.39, 0.29) is 44.4 Å². The third kappa shape index (κ3) is 18.0. The van der Waals surface area contributed by atoms with E-state index in [2.05, 4.69) is 55.6 Å². The minimum atomic E-state index is -2.26. The Balaban J connectivity index is 2.24. The van der Waals surface area contributed by atoms with Gasteiger partial charge in [-0.25, -0.2) is 0 Å². The number of hydrogen-bond donors (Lipinski definition) is 1. The summed E-state index contributed by atoms with van der Waals surface area (Å²) in [6.07, 6.45) is 0.298. The molecule has 11 nitrogen and oxygen atoms in total. The van der Waals surface area contributed by atoms with Crippen molar-refractivity contribution in [2.75, 3.05) is 72.4 Å². The lowest BCUT2D eigenvalue weighted by Gasteiger charge is -2.38. The largest absolute Gasteiger partial charge is 0.463 e. The highest BCUT2D eigenvalue weighted by Crippen LogP contribution is 2.25. The van der Waals surface area contributed by atoms with Crippen molar-refractivity contribution in [2.24, 2.45) is 0 Å². The lowest BCUT2D eigenvalue weighted by atomic mass is 10.2. The minimum Gasteiger partial charge on any atom is -0.463 e. The average Bonchev–Trinajstić information content (AvgIpc) is 2.80. The number of carbonyl (C=O) groups is 2. The summed E-state index contributed by atoms with van der Waals surface area (Å²) < 4.78 is 34.3. The highest BCUT2D eigenvalue weighted by Gasteiger charge is 2.39. The third-order valence-electron chi connectivity index (χ3n) is 6.04. The molecule has 0 aliphatic carbocycles. The van der Waals surface area contributed by atoms with E-state index in [1.165, 1.54) is 6.92 Å². The van der Waals surface area contributed by atoms with Gasteiger partial charge in [-0.05, 0) is 65.2 Å². The van der Waals surface area contributed by atoms with Crippen molar-refractivity contribution in [2.45, 2.75) is 84.3 Å². The maximum Gasteiger partial charge on any atom is 0.323 e. The number of aliphatic hydroxyl groups is 1. The molecule has 1 N–H and O–H groups in total. The highest BCUT2D eigenvalue weighted by atomic mass is 28.5. The lowest BCUT2D eigenvalue weighted by Crippen LogP contribution is -2.53. The van der Waals surface area contributed by atoms with Crippen LogP contribution in [0.1, 0.15) is 20.3 Å². The van der Waals surface area contributed by atoms with Crippen molar-refractivity contribution in [3.8, 4) is 0 Å². The monoisotopic (exact) mass is 624 g/mol. The lowest BCUT2D eigenvalue weighted by molar-refractivity contribution is -0.152. The summed E-state index contributed by atoms with van der Waals surface area (Å²) in [6.45, 7) is 23.9. The van der Waals surface area contributed by atoms with Gasteiger partial charge >= 0.3 is 20.5 Å². The van der Waals surface area contributed by atoms with Crippen LogP contribution < -0.4 is 0 Å². The topological polar surface area (TPSA) is 116 Å². The van der Waals surface area contributed by atoms with Crippen molar-refractivity contribution < 1.29 is 41.9 Å². The SMILES string of the molecule is CC(=O)OCCOCCOC(=O)C(C)N1CCN(CC(O)COCCC[Si](C)(O[Si](C)(C)C)O[Si](C)(C)C)CC1.